The number of hydrogen-bond donors (Lipinski definition) is 1. The maximum atomic E-state index is 12.5. The fraction of sp³-hybridized carbons (Fsp3) is 0.500. The van der Waals surface area contributed by atoms with Crippen molar-refractivity contribution in [2.45, 2.75) is 18.9 Å². The second kappa shape index (κ2) is 4.50. The summed E-state index contributed by atoms with van der Waals surface area (Å²) in [6.07, 6.45) is -2.62. The van der Waals surface area contributed by atoms with Crippen LogP contribution in [0.5, 0.6) is 0 Å². The van der Waals surface area contributed by atoms with Gasteiger partial charge in [0.2, 0.25) is 0 Å². The third kappa shape index (κ3) is 2.50. The van der Waals surface area contributed by atoms with Crippen LogP contribution in [0.2, 0.25) is 0 Å². The van der Waals surface area contributed by atoms with Gasteiger partial charge >= 0.3 is 12.3 Å². The number of carbonyl (C=O) groups is 1. The van der Waals surface area contributed by atoms with E-state index < -0.39 is 18.3 Å². The molecular formula is C8H9F4N3O. The Morgan fingerprint density at radius 1 is 1.62 bits per heavy atom. The zero-order valence-electron chi connectivity index (χ0n) is 8.25. The average molecular weight is 239 g/mol. The Kier molecular flexibility index (Phi) is 3.51. The molecule has 0 atom stereocenters. The summed E-state index contributed by atoms with van der Waals surface area (Å²) in [4.78, 5) is 10.7. The van der Waals surface area contributed by atoms with Crippen molar-refractivity contribution < 1.29 is 22.4 Å². The molecule has 0 aliphatic heterocycles. The minimum Gasteiger partial charge on any atom is -0.345 e. The number of hydrogen-bond acceptors (Lipinski definition) is 2. The molecule has 0 spiro atoms. The second-order valence-electron chi connectivity index (χ2n) is 3.05. The molecule has 0 radical (unpaired) electrons. The summed E-state index contributed by atoms with van der Waals surface area (Å²) in [6, 6.07) is 1.47. The van der Waals surface area contributed by atoms with E-state index in [1.54, 1.807) is 5.32 Å². The molecule has 0 fully saturated rings. The zero-order valence-corrected chi connectivity index (χ0v) is 8.25. The summed E-state index contributed by atoms with van der Waals surface area (Å²) >= 11 is 0. The number of halogens is 4. The third-order valence-corrected chi connectivity index (χ3v) is 1.93. The van der Waals surface area contributed by atoms with Gasteiger partial charge in [0.25, 0.3) is 5.91 Å². The molecule has 1 aromatic heterocycles. The molecule has 0 saturated carbocycles. The van der Waals surface area contributed by atoms with Crippen molar-refractivity contribution in [2.24, 2.45) is 7.05 Å². The maximum Gasteiger partial charge on any atom is 0.383 e. The maximum absolute atomic E-state index is 12.5. The molecule has 0 aromatic carbocycles. The summed E-state index contributed by atoms with van der Waals surface area (Å²) in [6.45, 7) is -0.280. The van der Waals surface area contributed by atoms with Gasteiger partial charge in [-0.15, -0.1) is 0 Å². The highest BCUT2D eigenvalue weighted by Crippen LogP contribution is 2.22. The predicted molar refractivity (Wildman–Crippen MR) is 46.0 cm³/mol. The quantitative estimate of drug-likeness (QED) is 0.795. The molecule has 1 amide bonds. The molecule has 0 unspecified atom stereocenters. The van der Waals surface area contributed by atoms with E-state index in [1.165, 1.54) is 24.0 Å². The normalized spacial score (nSPS) is 11.9. The first-order chi connectivity index (χ1) is 7.35. The van der Waals surface area contributed by atoms with E-state index >= 15 is 0 Å². The van der Waals surface area contributed by atoms with Crippen LogP contribution < -0.4 is 5.32 Å². The topological polar surface area (TPSA) is 46.9 Å². The largest absolute Gasteiger partial charge is 0.383 e. The molecule has 1 rings (SSSR count). The van der Waals surface area contributed by atoms with Crippen molar-refractivity contribution >= 4 is 5.91 Å². The Bertz CT molecular complexity index is 377. The highest BCUT2D eigenvalue weighted by Gasteiger charge is 2.48. The van der Waals surface area contributed by atoms with Gasteiger partial charge in [-0.25, -0.2) is 8.78 Å². The second-order valence-corrected chi connectivity index (χ2v) is 3.05. The predicted octanol–water partition coefficient (Wildman–Crippen LogP) is 0.937. The number of nitrogens with one attached hydrogen (secondary N) is 1. The zero-order chi connectivity index (χ0) is 12.3. The molecule has 0 saturated heterocycles. The van der Waals surface area contributed by atoms with Crippen LogP contribution in [0.25, 0.3) is 0 Å². The molecule has 4 nitrogen and oxygen atoms in total. The molecule has 1 heterocycles. The highest BCUT2D eigenvalue weighted by atomic mass is 19.3. The van der Waals surface area contributed by atoms with Crippen LogP contribution in [0, 0.1) is 0 Å². The van der Waals surface area contributed by atoms with Gasteiger partial charge in [0.05, 0.1) is 12.2 Å². The number of carbonyl (C=O) groups excluding carboxylic acids is 1. The lowest BCUT2D eigenvalue weighted by atomic mass is 10.3. The van der Waals surface area contributed by atoms with Crippen molar-refractivity contribution in [3.63, 3.8) is 0 Å². The summed E-state index contributed by atoms with van der Waals surface area (Å²) < 4.78 is 49.9. The van der Waals surface area contributed by atoms with Gasteiger partial charge in [0, 0.05) is 13.2 Å². The lowest BCUT2D eigenvalue weighted by Gasteiger charge is -2.14. The van der Waals surface area contributed by atoms with E-state index in [0.717, 1.165) is 0 Å². The summed E-state index contributed by atoms with van der Waals surface area (Å²) in [5.41, 5.74) is 0.429. The fourth-order valence-corrected chi connectivity index (χ4v) is 0.963. The number of amides is 1. The molecule has 8 heteroatoms. The van der Waals surface area contributed by atoms with Gasteiger partial charge in [-0.1, -0.05) is 0 Å². The molecule has 0 aliphatic rings. The van der Waals surface area contributed by atoms with Gasteiger partial charge in [0.15, 0.2) is 0 Å². The van der Waals surface area contributed by atoms with Gasteiger partial charge in [-0.3, -0.25) is 9.48 Å². The van der Waals surface area contributed by atoms with Crippen molar-refractivity contribution in [1.82, 2.24) is 15.1 Å². The van der Waals surface area contributed by atoms with Crippen LogP contribution in [0.15, 0.2) is 12.3 Å². The third-order valence-electron chi connectivity index (χ3n) is 1.93. The first kappa shape index (κ1) is 12.5. The standard InChI is InChI=1S/C8H9F4N3O/c1-15-5(2-3-14-15)4-13-7(16)8(11,12)6(9)10/h2-3,6H,4H2,1H3,(H,13,16). The average Bonchev–Trinajstić information content (AvgIpc) is 2.60. The first-order valence-electron chi connectivity index (χ1n) is 4.27. The van der Waals surface area contributed by atoms with Crippen LogP contribution in [0.4, 0.5) is 17.6 Å². The Hall–Kier alpha value is -1.60. The van der Waals surface area contributed by atoms with E-state index in [0.29, 0.717) is 5.69 Å². The van der Waals surface area contributed by atoms with E-state index in [-0.39, 0.29) is 6.54 Å². The van der Waals surface area contributed by atoms with E-state index in [2.05, 4.69) is 5.10 Å². The van der Waals surface area contributed by atoms with E-state index in [4.69, 9.17) is 0 Å². The molecular weight excluding hydrogens is 230 g/mol. The molecule has 0 aliphatic carbocycles. The smallest absolute Gasteiger partial charge is 0.345 e. The summed E-state index contributed by atoms with van der Waals surface area (Å²) in [5.74, 6) is -6.66. The SMILES string of the molecule is Cn1nccc1CNC(=O)C(F)(F)C(F)F. The van der Waals surface area contributed by atoms with Gasteiger partial charge in [-0.05, 0) is 6.07 Å². The van der Waals surface area contributed by atoms with Crippen LogP contribution in [-0.2, 0) is 18.4 Å². The van der Waals surface area contributed by atoms with Crippen LogP contribution in [0.3, 0.4) is 0 Å². The minimum atomic E-state index is -4.67. The van der Waals surface area contributed by atoms with E-state index in [9.17, 15) is 22.4 Å². The Morgan fingerprint density at radius 2 is 2.25 bits per heavy atom. The number of rotatable bonds is 4. The van der Waals surface area contributed by atoms with Crippen LogP contribution in [0.1, 0.15) is 5.69 Å². The Balaban J connectivity index is 2.57. The summed E-state index contributed by atoms with van der Waals surface area (Å²) in [7, 11) is 1.53. The highest BCUT2D eigenvalue weighted by molar-refractivity contribution is 5.83. The van der Waals surface area contributed by atoms with Crippen LogP contribution >= 0.6 is 0 Å². The summed E-state index contributed by atoms with van der Waals surface area (Å²) in [5, 5.41) is 5.44. The molecule has 16 heavy (non-hydrogen) atoms. The van der Waals surface area contributed by atoms with Crippen molar-refractivity contribution in [3.8, 4) is 0 Å². The fourth-order valence-electron chi connectivity index (χ4n) is 0.963. The van der Waals surface area contributed by atoms with Gasteiger partial charge in [0.1, 0.15) is 0 Å². The lowest BCUT2D eigenvalue weighted by Crippen LogP contribution is -2.45. The van der Waals surface area contributed by atoms with Gasteiger partial charge in [-0.2, -0.15) is 13.9 Å². The monoisotopic (exact) mass is 239 g/mol. The molecule has 0 bridgehead atoms. The number of aryl methyl sites for hydroxylation is 1. The minimum absolute atomic E-state index is 0.280. The lowest BCUT2D eigenvalue weighted by molar-refractivity contribution is -0.169. The molecule has 1 N–H and O–H groups in total. The number of aromatic nitrogens is 2. The number of alkyl halides is 4. The Labute approximate surface area is 88.2 Å². The van der Waals surface area contributed by atoms with Gasteiger partial charge < -0.3 is 5.32 Å². The van der Waals surface area contributed by atoms with E-state index in [1.807, 2.05) is 0 Å². The Morgan fingerprint density at radius 3 is 2.69 bits per heavy atom. The van der Waals surface area contributed by atoms with Crippen LogP contribution in [-0.4, -0.2) is 28.0 Å². The van der Waals surface area contributed by atoms with Crippen molar-refractivity contribution in [1.29, 1.82) is 0 Å². The molecule has 1 aromatic rings. The van der Waals surface area contributed by atoms with Crippen molar-refractivity contribution in [3.05, 3.63) is 18.0 Å². The first-order valence-corrected chi connectivity index (χ1v) is 4.27. The van der Waals surface area contributed by atoms with Crippen molar-refractivity contribution in [2.75, 3.05) is 0 Å². The molecule has 90 valence electrons. The number of nitrogens with zero attached hydrogens (tertiary/aromatic N) is 2.